The van der Waals surface area contributed by atoms with Gasteiger partial charge in [0.15, 0.2) is 16.6 Å². The van der Waals surface area contributed by atoms with Gasteiger partial charge in [-0.05, 0) is 71.2 Å². The first-order valence-corrected chi connectivity index (χ1v) is 11.2. The minimum absolute atomic E-state index is 0.206. The number of ether oxygens (including phenoxy) is 2. The van der Waals surface area contributed by atoms with E-state index in [0.29, 0.717) is 46.7 Å². The van der Waals surface area contributed by atoms with Gasteiger partial charge in [-0.15, -0.1) is 0 Å². The van der Waals surface area contributed by atoms with Gasteiger partial charge in [-0.2, -0.15) is 0 Å². The molecule has 0 fully saturated rings. The zero-order chi connectivity index (χ0) is 22.4. The number of carbonyl (C=O) groups excluding carboxylic acids is 1. The van der Waals surface area contributed by atoms with Gasteiger partial charge in [0.05, 0.1) is 17.9 Å². The fourth-order valence-corrected chi connectivity index (χ4v) is 4.19. The van der Waals surface area contributed by atoms with Crippen LogP contribution >= 0.6 is 11.3 Å². The van der Waals surface area contributed by atoms with Gasteiger partial charge in [-0.25, -0.2) is 9.37 Å². The number of hydrogen-bond donors (Lipinski definition) is 0. The largest absolute Gasteiger partial charge is 0.490 e. The molecular weight excluding hydrogens is 417 g/mol. The van der Waals surface area contributed by atoms with Gasteiger partial charge in [0, 0.05) is 12.1 Å². The second-order valence-corrected chi connectivity index (χ2v) is 8.23. The van der Waals surface area contributed by atoms with E-state index in [0.717, 1.165) is 13.0 Å². The molecule has 0 radical (unpaired) electrons. The average molecular weight is 446 g/mol. The van der Waals surface area contributed by atoms with E-state index in [1.807, 2.05) is 34.0 Å². The van der Waals surface area contributed by atoms with E-state index in [1.54, 1.807) is 29.2 Å². The van der Waals surface area contributed by atoms with Gasteiger partial charge in [0.2, 0.25) is 0 Å². The summed E-state index contributed by atoms with van der Waals surface area (Å²) in [7, 11) is 3.97. The van der Waals surface area contributed by atoms with Crippen molar-refractivity contribution in [2.45, 2.75) is 20.3 Å². The standard InChI is InChI=1S/C23H28FN3O3S/c1-5-29-18-12-11-16(15-19(18)30-6-2)22(28)27(14-8-13-26(3)4)23-25-21-17(24)9-7-10-20(21)31-23/h7,9-12,15H,5-6,8,13-14H2,1-4H3. The Kier molecular flexibility index (Phi) is 7.81. The predicted octanol–water partition coefficient (Wildman–Crippen LogP) is 4.83. The Morgan fingerprint density at radius 2 is 1.81 bits per heavy atom. The summed E-state index contributed by atoms with van der Waals surface area (Å²) in [6.07, 6.45) is 0.756. The lowest BCUT2D eigenvalue weighted by atomic mass is 10.1. The lowest BCUT2D eigenvalue weighted by molar-refractivity contribution is 0.0985. The second kappa shape index (κ2) is 10.5. The van der Waals surface area contributed by atoms with Crippen LogP contribution in [0.2, 0.25) is 0 Å². The Hall–Kier alpha value is -2.71. The van der Waals surface area contributed by atoms with E-state index in [-0.39, 0.29) is 17.2 Å². The molecule has 2 aromatic carbocycles. The summed E-state index contributed by atoms with van der Waals surface area (Å²) in [6, 6.07) is 10.0. The van der Waals surface area contributed by atoms with Crippen LogP contribution in [0.15, 0.2) is 36.4 Å². The minimum Gasteiger partial charge on any atom is -0.490 e. The fraction of sp³-hybridized carbons (Fsp3) is 0.391. The maximum Gasteiger partial charge on any atom is 0.260 e. The van der Waals surface area contributed by atoms with Crippen molar-refractivity contribution >= 4 is 32.6 Å². The molecule has 1 aromatic heterocycles. The number of benzene rings is 2. The smallest absolute Gasteiger partial charge is 0.260 e. The van der Waals surface area contributed by atoms with Crippen LogP contribution in [-0.2, 0) is 0 Å². The number of amides is 1. The molecule has 0 aliphatic carbocycles. The van der Waals surface area contributed by atoms with Crippen LogP contribution in [0.1, 0.15) is 30.6 Å². The lowest BCUT2D eigenvalue weighted by Crippen LogP contribution is -2.33. The molecule has 3 aromatic rings. The summed E-state index contributed by atoms with van der Waals surface area (Å²) in [5.74, 6) is 0.531. The highest BCUT2D eigenvalue weighted by molar-refractivity contribution is 7.22. The number of aromatic nitrogens is 1. The van der Waals surface area contributed by atoms with Gasteiger partial charge < -0.3 is 14.4 Å². The number of hydrogen-bond acceptors (Lipinski definition) is 6. The highest BCUT2D eigenvalue weighted by atomic mass is 32.1. The van der Waals surface area contributed by atoms with Gasteiger partial charge >= 0.3 is 0 Å². The Bertz CT molecular complexity index is 1040. The summed E-state index contributed by atoms with van der Waals surface area (Å²) in [6.45, 7) is 6.02. The molecule has 0 saturated heterocycles. The van der Waals surface area contributed by atoms with Crippen molar-refractivity contribution in [2.24, 2.45) is 0 Å². The molecule has 1 heterocycles. The van der Waals surface area contributed by atoms with Crippen molar-refractivity contribution in [3.63, 3.8) is 0 Å². The van der Waals surface area contributed by atoms with Crippen LogP contribution < -0.4 is 14.4 Å². The summed E-state index contributed by atoms with van der Waals surface area (Å²) in [5, 5.41) is 0.482. The van der Waals surface area contributed by atoms with E-state index in [9.17, 15) is 9.18 Å². The SMILES string of the molecule is CCOc1ccc(C(=O)N(CCCN(C)C)c2nc3c(F)cccc3s2)cc1OCC. The van der Waals surface area contributed by atoms with E-state index in [1.165, 1.54) is 17.4 Å². The molecule has 0 bridgehead atoms. The highest BCUT2D eigenvalue weighted by Crippen LogP contribution is 2.33. The van der Waals surface area contributed by atoms with Gasteiger partial charge in [-0.3, -0.25) is 9.69 Å². The molecule has 0 N–H and O–H groups in total. The van der Waals surface area contributed by atoms with Crippen molar-refractivity contribution in [2.75, 3.05) is 45.3 Å². The fourth-order valence-electron chi connectivity index (χ4n) is 3.19. The average Bonchev–Trinajstić information content (AvgIpc) is 3.17. The summed E-state index contributed by atoms with van der Waals surface area (Å²) >= 11 is 1.31. The van der Waals surface area contributed by atoms with E-state index < -0.39 is 0 Å². The molecule has 3 rings (SSSR count). The molecule has 6 nitrogen and oxygen atoms in total. The Balaban J connectivity index is 1.97. The van der Waals surface area contributed by atoms with Crippen LogP contribution in [0.3, 0.4) is 0 Å². The highest BCUT2D eigenvalue weighted by Gasteiger charge is 2.23. The van der Waals surface area contributed by atoms with Gasteiger partial charge in [-0.1, -0.05) is 17.4 Å². The Morgan fingerprint density at radius 3 is 2.48 bits per heavy atom. The molecule has 0 spiro atoms. The monoisotopic (exact) mass is 445 g/mol. The molecule has 0 aliphatic heterocycles. The third-order valence-electron chi connectivity index (χ3n) is 4.61. The molecule has 0 saturated carbocycles. The van der Waals surface area contributed by atoms with Crippen molar-refractivity contribution in [3.05, 3.63) is 47.8 Å². The van der Waals surface area contributed by atoms with Crippen molar-refractivity contribution < 1.29 is 18.7 Å². The normalized spacial score (nSPS) is 11.2. The Morgan fingerprint density at radius 1 is 1.06 bits per heavy atom. The summed E-state index contributed by atoms with van der Waals surface area (Å²) < 4.78 is 26.2. The first-order valence-electron chi connectivity index (χ1n) is 10.4. The number of halogens is 1. The third-order valence-corrected chi connectivity index (χ3v) is 5.66. The van der Waals surface area contributed by atoms with Crippen molar-refractivity contribution in [1.82, 2.24) is 9.88 Å². The number of anilines is 1. The molecule has 31 heavy (non-hydrogen) atoms. The van der Waals surface area contributed by atoms with Crippen molar-refractivity contribution in [3.8, 4) is 11.5 Å². The van der Waals surface area contributed by atoms with Crippen LogP contribution in [0.4, 0.5) is 9.52 Å². The van der Waals surface area contributed by atoms with Crippen LogP contribution in [0.25, 0.3) is 10.2 Å². The molecule has 0 aliphatic rings. The zero-order valence-corrected chi connectivity index (χ0v) is 19.2. The second-order valence-electron chi connectivity index (χ2n) is 7.22. The number of thiazole rings is 1. The molecule has 0 unspecified atom stereocenters. The molecule has 166 valence electrons. The maximum absolute atomic E-state index is 14.2. The van der Waals surface area contributed by atoms with Crippen LogP contribution in [0, 0.1) is 5.82 Å². The summed E-state index contributed by atoms with van der Waals surface area (Å²) in [4.78, 5) is 21.6. The topological polar surface area (TPSA) is 54.9 Å². The molecule has 8 heteroatoms. The lowest BCUT2D eigenvalue weighted by Gasteiger charge is -2.21. The van der Waals surface area contributed by atoms with Crippen LogP contribution in [-0.4, -0.2) is 56.2 Å². The first-order chi connectivity index (χ1) is 14.9. The van der Waals surface area contributed by atoms with E-state index >= 15 is 0 Å². The van der Waals surface area contributed by atoms with Crippen molar-refractivity contribution in [1.29, 1.82) is 0 Å². The van der Waals surface area contributed by atoms with Gasteiger partial charge in [0.1, 0.15) is 11.3 Å². The zero-order valence-electron chi connectivity index (χ0n) is 18.4. The number of rotatable bonds is 10. The first kappa shape index (κ1) is 23.0. The van der Waals surface area contributed by atoms with Gasteiger partial charge in [0.25, 0.3) is 5.91 Å². The number of nitrogens with zero attached hydrogens (tertiary/aromatic N) is 3. The van der Waals surface area contributed by atoms with E-state index in [4.69, 9.17) is 9.47 Å². The maximum atomic E-state index is 14.2. The third kappa shape index (κ3) is 5.51. The molecule has 0 atom stereocenters. The number of fused-ring (bicyclic) bond motifs is 1. The number of carbonyl (C=O) groups is 1. The molecular formula is C23H28FN3O3S. The van der Waals surface area contributed by atoms with E-state index in [2.05, 4.69) is 9.88 Å². The molecule has 1 amide bonds. The van der Waals surface area contributed by atoms with Crippen LogP contribution in [0.5, 0.6) is 11.5 Å². The minimum atomic E-state index is -0.389. The predicted molar refractivity (Wildman–Crippen MR) is 123 cm³/mol. The summed E-state index contributed by atoms with van der Waals surface area (Å²) in [5.41, 5.74) is 0.756. The Labute approximate surface area is 186 Å². The number of para-hydroxylation sites is 1. The quantitative estimate of drug-likeness (QED) is 0.447.